The predicted molar refractivity (Wildman–Crippen MR) is 149 cm³/mol. The van der Waals surface area contributed by atoms with E-state index in [0.29, 0.717) is 72.6 Å². The molecule has 2 saturated carbocycles. The molecule has 1 aromatic carbocycles. The van der Waals surface area contributed by atoms with Crippen LogP contribution in [-0.2, 0) is 17.6 Å². The molecule has 2 fully saturated rings. The molecule has 2 bridgehead atoms. The molecule has 6 rings (SSSR count). The van der Waals surface area contributed by atoms with E-state index in [1.54, 1.807) is 13.2 Å². The maximum absolute atomic E-state index is 14.2. The van der Waals surface area contributed by atoms with Gasteiger partial charge in [-0.15, -0.1) is 0 Å². The van der Waals surface area contributed by atoms with Crippen molar-refractivity contribution in [3.8, 4) is 5.75 Å². The monoisotopic (exact) mass is 638 g/mol. The average molecular weight is 639 g/mol. The standard InChI is InChI=1S/C28H32ClIN2O5/c1-37-9-8-32-26(35)19-11-17(13-28(32)6-4-16-12-20(16)28)24(33)25(34)23-18(19)5-7-31(27(23)36)14-15-2-3-22(30)21(29)10-15/h3,10-11,15-16,20,27,36H,2,4-9,12-14H2,1H3,(H,33,34). The van der Waals surface area contributed by atoms with E-state index in [0.717, 1.165) is 29.3 Å². The summed E-state index contributed by atoms with van der Waals surface area (Å²) in [7, 11) is 1.64. The average Bonchev–Trinajstić information content (AvgIpc) is 3.62. The number of nitrogens with zero attached hydrogens (tertiary/aromatic N) is 2. The topological polar surface area (TPSA) is 90.3 Å². The number of methoxy groups -OCH3 is 1. The van der Waals surface area contributed by atoms with Crippen molar-refractivity contribution in [3.63, 3.8) is 0 Å². The van der Waals surface area contributed by atoms with Crippen LogP contribution < -0.4 is 5.43 Å². The third-order valence-electron chi connectivity index (χ3n) is 9.25. The van der Waals surface area contributed by atoms with Gasteiger partial charge in [0.2, 0.25) is 5.43 Å². The first kappa shape index (κ1) is 25.8. The van der Waals surface area contributed by atoms with Crippen molar-refractivity contribution in [3.05, 3.63) is 59.3 Å². The number of allylic oxidation sites excluding steroid dienone is 3. The molecule has 5 unspecified atom stereocenters. The van der Waals surface area contributed by atoms with Crippen molar-refractivity contribution in [1.82, 2.24) is 9.80 Å². The number of ether oxygens (including phenoxy) is 1. The van der Waals surface area contributed by atoms with E-state index in [2.05, 4.69) is 28.7 Å². The second-order valence-electron chi connectivity index (χ2n) is 11.2. The van der Waals surface area contributed by atoms with Crippen LogP contribution in [0, 0.1) is 17.8 Å². The van der Waals surface area contributed by atoms with Crippen LogP contribution in [0.15, 0.2) is 31.6 Å². The van der Waals surface area contributed by atoms with Crippen LogP contribution in [0.2, 0.25) is 0 Å². The van der Waals surface area contributed by atoms with E-state index in [-0.39, 0.29) is 23.1 Å². The molecule has 5 aliphatic rings. The smallest absolute Gasteiger partial charge is 0.254 e. The number of carbonyl (C=O) groups is 1. The molecule has 198 valence electrons. The summed E-state index contributed by atoms with van der Waals surface area (Å²) in [6.07, 6.45) is 7.61. The first-order valence-electron chi connectivity index (χ1n) is 13.1. The van der Waals surface area contributed by atoms with Crippen LogP contribution in [0.3, 0.4) is 0 Å². The molecule has 1 aromatic rings. The van der Waals surface area contributed by atoms with E-state index < -0.39 is 17.2 Å². The first-order chi connectivity index (χ1) is 17.7. The maximum atomic E-state index is 14.2. The van der Waals surface area contributed by atoms with Crippen molar-refractivity contribution in [2.24, 2.45) is 17.8 Å². The van der Waals surface area contributed by atoms with Crippen molar-refractivity contribution in [2.45, 2.75) is 50.3 Å². The summed E-state index contributed by atoms with van der Waals surface area (Å²) in [5.41, 5.74) is 0.715. The minimum Gasteiger partial charge on any atom is -0.504 e. The number of fused-ring (bicyclic) bond motifs is 6. The lowest BCUT2D eigenvalue weighted by atomic mass is 9.84. The summed E-state index contributed by atoms with van der Waals surface area (Å²) in [6.45, 7) is 1.93. The molecule has 1 amide bonds. The molecule has 0 radical (unpaired) electrons. The molecular formula is C28H32ClIN2O5. The Hall–Kier alpha value is -1.46. The third kappa shape index (κ3) is 4.18. The molecule has 2 aliphatic heterocycles. The van der Waals surface area contributed by atoms with Gasteiger partial charge in [-0.05, 0) is 90.5 Å². The Labute approximate surface area is 235 Å². The van der Waals surface area contributed by atoms with E-state index in [1.807, 2.05) is 15.9 Å². The van der Waals surface area contributed by atoms with Crippen molar-refractivity contribution >= 4 is 40.1 Å². The second-order valence-corrected chi connectivity index (χ2v) is 12.8. The SMILES string of the molecule is COCCN1C(=O)c2cc(c(O)c(=O)c3c2CCN(CC2C=C(Cl)C(I)=CC2)C3O)CC12CCC1CC12. The molecule has 37 heavy (non-hydrogen) atoms. The Morgan fingerprint density at radius 2 is 2.14 bits per heavy atom. The molecule has 0 aromatic heterocycles. The first-order valence-corrected chi connectivity index (χ1v) is 14.6. The Morgan fingerprint density at radius 1 is 1.32 bits per heavy atom. The summed E-state index contributed by atoms with van der Waals surface area (Å²) in [4.78, 5) is 31.7. The molecule has 7 nitrogen and oxygen atoms in total. The lowest BCUT2D eigenvalue weighted by molar-refractivity contribution is -0.0134. The zero-order valence-corrected chi connectivity index (χ0v) is 23.8. The van der Waals surface area contributed by atoms with Gasteiger partial charge in [-0.3, -0.25) is 14.5 Å². The Morgan fingerprint density at radius 3 is 2.81 bits per heavy atom. The summed E-state index contributed by atoms with van der Waals surface area (Å²) in [5, 5.41) is 23.4. The summed E-state index contributed by atoms with van der Waals surface area (Å²) in [6, 6.07) is 1.74. The fourth-order valence-electron chi connectivity index (χ4n) is 7.32. The Balaban J connectivity index is 1.41. The van der Waals surface area contributed by atoms with Crippen LogP contribution in [0.1, 0.15) is 59.0 Å². The highest BCUT2D eigenvalue weighted by Gasteiger charge is 2.62. The largest absolute Gasteiger partial charge is 0.504 e. The third-order valence-corrected chi connectivity index (χ3v) is 10.9. The minimum absolute atomic E-state index is 0.108. The molecule has 0 saturated heterocycles. The van der Waals surface area contributed by atoms with Crippen LogP contribution >= 0.6 is 34.2 Å². The fraction of sp³-hybridized carbons (Fsp3) is 0.571. The van der Waals surface area contributed by atoms with Gasteiger partial charge in [0, 0.05) is 46.5 Å². The van der Waals surface area contributed by atoms with Gasteiger partial charge in [-0.25, -0.2) is 0 Å². The molecular weight excluding hydrogens is 607 g/mol. The zero-order chi connectivity index (χ0) is 26.1. The minimum atomic E-state index is -1.20. The number of hydrogen-bond acceptors (Lipinski definition) is 6. The van der Waals surface area contributed by atoms with Gasteiger partial charge < -0.3 is 19.8 Å². The van der Waals surface area contributed by atoms with Gasteiger partial charge >= 0.3 is 0 Å². The van der Waals surface area contributed by atoms with Crippen LogP contribution in [0.5, 0.6) is 5.75 Å². The number of carbonyl (C=O) groups excluding carboxylic acids is 1. The molecule has 2 N–H and O–H groups in total. The van der Waals surface area contributed by atoms with Crippen LogP contribution in [0.4, 0.5) is 0 Å². The van der Waals surface area contributed by atoms with Gasteiger partial charge in [0.15, 0.2) is 5.75 Å². The number of aliphatic hydroxyl groups is 1. The number of halogens is 2. The van der Waals surface area contributed by atoms with Gasteiger partial charge in [-0.2, -0.15) is 0 Å². The molecule has 2 heterocycles. The summed E-state index contributed by atoms with van der Waals surface area (Å²) in [5.74, 6) is 0.675. The second kappa shape index (κ2) is 9.62. The van der Waals surface area contributed by atoms with E-state index in [4.69, 9.17) is 16.3 Å². The summed E-state index contributed by atoms with van der Waals surface area (Å²) < 4.78 is 6.39. The number of aliphatic hydroxyl groups excluding tert-OH is 1. The Bertz CT molecular complexity index is 1280. The van der Waals surface area contributed by atoms with Gasteiger partial charge in [0.1, 0.15) is 6.23 Å². The Kier molecular flexibility index (Phi) is 6.71. The number of amides is 1. The van der Waals surface area contributed by atoms with Crippen molar-refractivity contribution < 1.29 is 19.7 Å². The fourth-order valence-corrected chi connectivity index (χ4v) is 8.01. The maximum Gasteiger partial charge on any atom is 0.254 e. The number of aromatic hydroxyl groups is 1. The van der Waals surface area contributed by atoms with Gasteiger partial charge in [0.05, 0.1) is 17.7 Å². The van der Waals surface area contributed by atoms with Crippen molar-refractivity contribution in [2.75, 3.05) is 33.4 Å². The van der Waals surface area contributed by atoms with E-state index in [9.17, 15) is 19.8 Å². The highest BCUT2D eigenvalue weighted by atomic mass is 127. The number of rotatable bonds is 5. The van der Waals surface area contributed by atoms with E-state index in [1.165, 1.54) is 0 Å². The lowest BCUT2D eigenvalue weighted by Gasteiger charge is -2.43. The molecule has 5 atom stereocenters. The van der Waals surface area contributed by atoms with Crippen molar-refractivity contribution in [1.29, 1.82) is 0 Å². The highest BCUT2D eigenvalue weighted by Crippen LogP contribution is 2.61. The van der Waals surface area contributed by atoms with Gasteiger partial charge in [0.25, 0.3) is 5.91 Å². The molecule has 9 heteroatoms. The van der Waals surface area contributed by atoms with Gasteiger partial charge in [-0.1, -0.05) is 23.8 Å². The number of hydrogen-bond donors (Lipinski definition) is 2. The predicted octanol–water partition coefficient (Wildman–Crippen LogP) is 3.88. The summed E-state index contributed by atoms with van der Waals surface area (Å²) >= 11 is 8.55. The van der Waals surface area contributed by atoms with Crippen LogP contribution in [-0.4, -0.2) is 64.8 Å². The van der Waals surface area contributed by atoms with Crippen LogP contribution in [0.25, 0.3) is 0 Å². The zero-order valence-electron chi connectivity index (χ0n) is 20.9. The normalized spacial score (nSPS) is 32.5. The van der Waals surface area contributed by atoms with E-state index >= 15 is 0 Å². The molecule has 3 aliphatic carbocycles. The lowest BCUT2D eigenvalue weighted by Crippen LogP contribution is -2.54. The quantitative estimate of drug-likeness (QED) is 0.476. The molecule has 1 spiro atoms. The highest BCUT2D eigenvalue weighted by molar-refractivity contribution is 14.1.